The number of carbonyl (C=O) groups excluding carboxylic acids is 2. The molecule has 0 unspecified atom stereocenters. The van der Waals surface area contributed by atoms with Gasteiger partial charge in [-0.2, -0.15) is 0 Å². The number of amides is 1. The van der Waals surface area contributed by atoms with Gasteiger partial charge in [0.25, 0.3) is 0 Å². The van der Waals surface area contributed by atoms with E-state index in [1.165, 1.54) is 12.1 Å². The van der Waals surface area contributed by atoms with Crippen molar-refractivity contribution in [2.75, 3.05) is 0 Å². The number of nitrogens with zero attached hydrogens (tertiary/aromatic N) is 1. The quantitative estimate of drug-likeness (QED) is 0.722. The van der Waals surface area contributed by atoms with Gasteiger partial charge in [-0.3, -0.25) is 9.59 Å². The van der Waals surface area contributed by atoms with Gasteiger partial charge in [0.1, 0.15) is 5.82 Å². The zero-order valence-corrected chi connectivity index (χ0v) is 13.5. The minimum absolute atomic E-state index is 0.0227. The number of hydrogen-bond donors (Lipinski definition) is 0. The van der Waals surface area contributed by atoms with Crippen LogP contribution in [-0.2, 0) is 11.3 Å². The first-order valence-corrected chi connectivity index (χ1v) is 8.25. The van der Waals surface area contributed by atoms with Gasteiger partial charge in [0.15, 0.2) is 5.78 Å². The van der Waals surface area contributed by atoms with Crippen LogP contribution in [0.3, 0.4) is 0 Å². The maximum Gasteiger partial charge on any atom is 0.223 e. The van der Waals surface area contributed by atoms with Gasteiger partial charge < -0.3 is 4.90 Å². The molecule has 0 radical (unpaired) electrons. The first-order valence-electron chi connectivity index (χ1n) is 8.25. The van der Waals surface area contributed by atoms with Crippen LogP contribution in [0, 0.1) is 5.82 Å². The van der Waals surface area contributed by atoms with E-state index in [1.54, 1.807) is 23.1 Å². The van der Waals surface area contributed by atoms with Crippen LogP contribution in [0.15, 0.2) is 54.6 Å². The van der Waals surface area contributed by atoms with Crippen molar-refractivity contribution in [1.29, 1.82) is 0 Å². The Morgan fingerprint density at radius 3 is 2.42 bits per heavy atom. The third kappa shape index (κ3) is 4.28. The molecule has 0 atom stereocenters. The molecule has 1 aliphatic rings. The summed E-state index contributed by atoms with van der Waals surface area (Å²) < 4.78 is 13.3. The lowest BCUT2D eigenvalue weighted by atomic mass is 10.1. The summed E-state index contributed by atoms with van der Waals surface area (Å²) in [6.07, 6.45) is 2.36. The number of rotatable bonds is 7. The zero-order chi connectivity index (χ0) is 16.9. The highest BCUT2D eigenvalue weighted by Crippen LogP contribution is 2.29. The van der Waals surface area contributed by atoms with Crippen LogP contribution in [0.25, 0.3) is 0 Å². The van der Waals surface area contributed by atoms with E-state index in [4.69, 9.17) is 0 Å². The number of benzene rings is 2. The lowest BCUT2D eigenvalue weighted by Crippen LogP contribution is -2.32. The molecule has 0 aromatic heterocycles. The summed E-state index contributed by atoms with van der Waals surface area (Å²) in [4.78, 5) is 26.5. The number of carbonyl (C=O) groups is 2. The van der Waals surface area contributed by atoms with Crippen LogP contribution in [0.4, 0.5) is 4.39 Å². The van der Waals surface area contributed by atoms with Gasteiger partial charge >= 0.3 is 0 Å². The normalized spacial score (nSPS) is 13.5. The second-order valence-corrected chi connectivity index (χ2v) is 6.17. The molecule has 0 heterocycles. The molecule has 0 N–H and O–H groups in total. The van der Waals surface area contributed by atoms with Gasteiger partial charge in [0.05, 0.1) is 0 Å². The molecule has 4 heteroatoms. The van der Waals surface area contributed by atoms with Gasteiger partial charge in [-0.25, -0.2) is 4.39 Å². The average Bonchev–Trinajstić information content (AvgIpc) is 3.43. The summed E-state index contributed by atoms with van der Waals surface area (Å²) >= 11 is 0. The molecule has 0 bridgehead atoms. The van der Waals surface area contributed by atoms with Gasteiger partial charge in [-0.15, -0.1) is 0 Å². The molecule has 1 saturated carbocycles. The van der Waals surface area contributed by atoms with E-state index in [1.807, 2.05) is 24.3 Å². The van der Waals surface area contributed by atoms with Gasteiger partial charge in [-0.1, -0.05) is 42.5 Å². The Labute approximate surface area is 141 Å². The number of ketones is 1. The summed E-state index contributed by atoms with van der Waals surface area (Å²) in [6, 6.07) is 15.6. The summed E-state index contributed by atoms with van der Waals surface area (Å²) in [6.45, 7) is 0.404. The molecule has 3 nitrogen and oxygen atoms in total. The van der Waals surface area contributed by atoms with Crippen molar-refractivity contribution in [1.82, 2.24) is 4.90 Å². The molecule has 0 spiro atoms. The number of Topliss-reactive ketones (excluding diaryl/α,β-unsaturated/α-hetero) is 1. The third-order valence-electron chi connectivity index (χ3n) is 4.21. The molecule has 2 aromatic carbocycles. The third-order valence-corrected chi connectivity index (χ3v) is 4.21. The lowest BCUT2D eigenvalue weighted by Gasteiger charge is -2.22. The maximum absolute atomic E-state index is 13.3. The summed E-state index contributed by atoms with van der Waals surface area (Å²) in [7, 11) is 0. The van der Waals surface area contributed by atoms with Crippen LogP contribution in [0.5, 0.6) is 0 Å². The molecule has 0 saturated heterocycles. The second kappa shape index (κ2) is 7.39. The second-order valence-electron chi connectivity index (χ2n) is 6.17. The minimum Gasteiger partial charge on any atom is -0.335 e. The van der Waals surface area contributed by atoms with E-state index >= 15 is 0 Å². The average molecular weight is 325 g/mol. The molecular weight excluding hydrogens is 305 g/mol. The SMILES string of the molecule is O=C(CCC(=O)N(Cc1cccc(F)c1)C1CC1)c1ccccc1. The first kappa shape index (κ1) is 16.4. The maximum atomic E-state index is 13.3. The predicted molar refractivity (Wildman–Crippen MR) is 90.0 cm³/mol. The highest BCUT2D eigenvalue weighted by molar-refractivity contribution is 5.97. The van der Waals surface area contributed by atoms with E-state index in [-0.39, 0.29) is 36.4 Å². The van der Waals surface area contributed by atoms with E-state index in [2.05, 4.69) is 0 Å². The van der Waals surface area contributed by atoms with Gasteiger partial charge in [0, 0.05) is 31.0 Å². The van der Waals surface area contributed by atoms with Crippen molar-refractivity contribution in [2.24, 2.45) is 0 Å². The molecule has 1 aliphatic carbocycles. The standard InChI is InChI=1S/C20H20FNO2/c21-17-8-4-5-15(13-17)14-22(18-9-10-18)20(24)12-11-19(23)16-6-2-1-3-7-16/h1-8,13,18H,9-12,14H2. The van der Waals surface area contributed by atoms with E-state index in [0.717, 1.165) is 18.4 Å². The Morgan fingerprint density at radius 1 is 1.00 bits per heavy atom. The minimum atomic E-state index is -0.296. The molecule has 24 heavy (non-hydrogen) atoms. The molecule has 0 aliphatic heterocycles. The van der Waals surface area contributed by atoms with Crippen molar-refractivity contribution in [3.63, 3.8) is 0 Å². The summed E-state index contributed by atoms with van der Waals surface area (Å²) in [5.41, 5.74) is 1.41. The zero-order valence-electron chi connectivity index (χ0n) is 13.5. The van der Waals surface area contributed by atoms with Crippen LogP contribution in [0.2, 0.25) is 0 Å². The van der Waals surface area contributed by atoms with Crippen LogP contribution in [0.1, 0.15) is 41.6 Å². The van der Waals surface area contributed by atoms with Crippen molar-refractivity contribution in [2.45, 2.75) is 38.3 Å². The highest BCUT2D eigenvalue weighted by Gasteiger charge is 2.32. The Hall–Kier alpha value is -2.49. The largest absolute Gasteiger partial charge is 0.335 e. The number of hydrogen-bond acceptors (Lipinski definition) is 2. The smallest absolute Gasteiger partial charge is 0.223 e. The monoisotopic (exact) mass is 325 g/mol. The first-order chi connectivity index (χ1) is 11.6. The van der Waals surface area contributed by atoms with Gasteiger partial charge in [-0.05, 0) is 30.5 Å². The highest BCUT2D eigenvalue weighted by atomic mass is 19.1. The molecule has 1 amide bonds. The number of halogens is 1. The fourth-order valence-electron chi connectivity index (χ4n) is 2.77. The Bertz CT molecular complexity index is 725. The Kier molecular flexibility index (Phi) is 5.04. The molecule has 3 rings (SSSR count). The van der Waals surface area contributed by atoms with Crippen LogP contribution < -0.4 is 0 Å². The topological polar surface area (TPSA) is 37.4 Å². The van der Waals surface area contributed by atoms with E-state index in [0.29, 0.717) is 12.1 Å². The van der Waals surface area contributed by atoms with E-state index in [9.17, 15) is 14.0 Å². The summed E-state index contributed by atoms with van der Waals surface area (Å²) in [5.74, 6) is -0.355. The molecule has 124 valence electrons. The van der Waals surface area contributed by atoms with Gasteiger partial charge in [0.2, 0.25) is 5.91 Å². The lowest BCUT2D eigenvalue weighted by molar-refractivity contribution is -0.132. The summed E-state index contributed by atoms with van der Waals surface area (Å²) in [5, 5.41) is 0. The van der Waals surface area contributed by atoms with Crippen molar-refractivity contribution < 1.29 is 14.0 Å². The molecule has 2 aromatic rings. The fourth-order valence-corrected chi connectivity index (χ4v) is 2.77. The van der Waals surface area contributed by atoms with Crippen molar-refractivity contribution in [3.05, 3.63) is 71.5 Å². The van der Waals surface area contributed by atoms with Crippen LogP contribution in [-0.4, -0.2) is 22.6 Å². The van der Waals surface area contributed by atoms with Crippen LogP contribution >= 0.6 is 0 Å². The fraction of sp³-hybridized carbons (Fsp3) is 0.300. The Morgan fingerprint density at radius 2 is 1.75 bits per heavy atom. The van der Waals surface area contributed by atoms with Crippen molar-refractivity contribution >= 4 is 11.7 Å². The molecular formula is C20H20FNO2. The Balaban J connectivity index is 1.60. The van der Waals surface area contributed by atoms with Crippen molar-refractivity contribution in [3.8, 4) is 0 Å². The van der Waals surface area contributed by atoms with E-state index < -0.39 is 0 Å². The predicted octanol–water partition coefficient (Wildman–Crippen LogP) is 3.98. The molecule has 1 fully saturated rings.